The predicted octanol–water partition coefficient (Wildman–Crippen LogP) is 2.12. The predicted molar refractivity (Wildman–Crippen MR) is 122 cm³/mol. The third kappa shape index (κ3) is 4.84. The molecule has 0 unspecified atom stereocenters. The molecule has 164 valence electrons. The second-order valence-corrected chi connectivity index (χ2v) is 9.23. The lowest BCUT2D eigenvalue weighted by Crippen LogP contribution is -2.41. The van der Waals surface area contributed by atoms with Gasteiger partial charge >= 0.3 is 0 Å². The number of carbonyl (C=O) groups is 1. The summed E-state index contributed by atoms with van der Waals surface area (Å²) in [6, 6.07) is 17.0. The standard InChI is InChI=1S/C23H23N5O3S/c24-26-14-17-3-1-4-18(13-17)16-28-12-10-22(23(28)29)27-32(30,31)21-8-6-19(7-9-21)20-5-2-11-25-15-20/h1-9,11,13-15,22,27H,10,12,16,24H2/t22-/m0/s1. The molecule has 2 heterocycles. The highest BCUT2D eigenvalue weighted by atomic mass is 32.2. The Morgan fingerprint density at radius 2 is 1.94 bits per heavy atom. The topological polar surface area (TPSA) is 118 Å². The third-order valence-electron chi connectivity index (χ3n) is 5.30. The Morgan fingerprint density at radius 3 is 2.66 bits per heavy atom. The van der Waals surface area contributed by atoms with E-state index in [1.807, 2.05) is 36.4 Å². The Labute approximate surface area is 186 Å². The maximum atomic E-state index is 12.8. The van der Waals surface area contributed by atoms with Crippen LogP contribution in [-0.2, 0) is 21.4 Å². The van der Waals surface area contributed by atoms with Gasteiger partial charge in [0.2, 0.25) is 15.9 Å². The van der Waals surface area contributed by atoms with Gasteiger partial charge in [0, 0.05) is 25.5 Å². The number of hydrogen-bond acceptors (Lipinski definition) is 6. The van der Waals surface area contributed by atoms with Gasteiger partial charge in [-0.25, -0.2) is 8.42 Å². The highest BCUT2D eigenvalue weighted by Crippen LogP contribution is 2.22. The molecule has 0 aliphatic carbocycles. The maximum absolute atomic E-state index is 12.8. The van der Waals surface area contributed by atoms with E-state index < -0.39 is 16.1 Å². The van der Waals surface area contributed by atoms with Crippen molar-refractivity contribution in [3.63, 3.8) is 0 Å². The molecule has 1 aliphatic rings. The van der Waals surface area contributed by atoms with E-state index in [0.717, 1.165) is 22.3 Å². The largest absolute Gasteiger partial charge is 0.337 e. The monoisotopic (exact) mass is 449 g/mol. The number of hydrazone groups is 1. The number of benzene rings is 2. The van der Waals surface area contributed by atoms with E-state index in [0.29, 0.717) is 19.5 Å². The van der Waals surface area contributed by atoms with Crippen molar-refractivity contribution in [3.05, 3.63) is 84.2 Å². The first-order valence-electron chi connectivity index (χ1n) is 10.1. The fourth-order valence-corrected chi connectivity index (χ4v) is 4.92. The van der Waals surface area contributed by atoms with E-state index in [4.69, 9.17) is 5.84 Å². The van der Waals surface area contributed by atoms with Gasteiger partial charge in [-0.3, -0.25) is 9.78 Å². The van der Waals surface area contributed by atoms with Crippen molar-refractivity contribution in [1.82, 2.24) is 14.6 Å². The van der Waals surface area contributed by atoms with Crippen LogP contribution >= 0.6 is 0 Å². The van der Waals surface area contributed by atoms with Crippen LogP contribution in [0.2, 0.25) is 0 Å². The number of nitrogens with two attached hydrogens (primary N) is 1. The molecule has 9 heteroatoms. The van der Waals surface area contributed by atoms with Crippen LogP contribution in [0.5, 0.6) is 0 Å². The summed E-state index contributed by atoms with van der Waals surface area (Å²) in [7, 11) is -3.83. The van der Waals surface area contributed by atoms with Crippen LogP contribution in [0.1, 0.15) is 17.5 Å². The average molecular weight is 450 g/mol. The minimum Gasteiger partial charge on any atom is -0.337 e. The first-order valence-corrected chi connectivity index (χ1v) is 11.6. The number of likely N-dealkylation sites (tertiary alicyclic amines) is 1. The molecule has 0 saturated carbocycles. The normalized spacial score (nSPS) is 16.7. The van der Waals surface area contributed by atoms with Crippen LogP contribution in [0, 0.1) is 0 Å². The molecule has 0 spiro atoms. The molecule has 1 fully saturated rings. The van der Waals surface area contributed by atoms with Gasteiger partial charge in [0.25, 0.3) is 0 Å². The molecule has 32 heavy (non-hydrogen) atoms. The van der Waals surface area contributed by atoms with Crippen LogP contribution in [0.4, 0.5) is 0 Å². The van der Waals surface area contributed by atoms with Crippen molar-refractivity contribution in [1.29, 1.82) is 0 Å². The number of nitrogens with zero attached hydrogens (tertiary/aromatic N) is 3. The fraction of sp³-hybridized carbons (Fsp3) is 0.174. The van der Waals surface area contributed by atoms with E-state index in [9.17, 15) is 13.2 Å². The van der Waals surface area contributed by atoms with Crippen LogP contribution in [0.15, 0.2) is 83.1 Å². The van der Waals surface area contributed by atoms with E-state index in [1.54, 1.807) is 29.4 Å². The summed E-state index contributed by atoms with van der Waals surface area (Å²) < 4.78 is 28.2. The number of amides is 1. The number of hydrogen-bond donors (Lipinski definition) is 2. The van der Waals surface area contributed by atoms with Gasteiger partial charge in [0.1, 0.15) is 6.04 Å². The Hall–Kier alpha value is -3.56. The molecule has 0 radical (unpaired) electrons. The number of carbonyl (C=O) groups excluding carboxylic acids is 1. The summed E-state index contributed by atoms with van der Waals surface area (Å²) in [6.45, 7) is 0.865. The number of aromatic nitrogens is 1. The summed E-state index contributed by atoms with van der Waals surface area (Å²) in [5.74, 6) is 4.96. The fourth-order valence-electron chi connectivity index (χ4n) is 3.70. The van der Waals surface area contributed by atoms with Gasteiger partial charge in [-0.15, -0.1) is 0 Å². The quantitative estimate of drug-likeness (QED) is 0.325. The van der Waals surface area contributed by atoms with Crippen LogP contribution in [0.3, 0.4) is 0 Å². The molecule has 3 N–H and O–H groups in total. The van der Waals surface area contributed by atoms with Crippen LogP contribution in [0.25, 0.3) is 11.1 Å². The van der Waals surface area contributed by atoms with Crippen molar-refractivity contribution < 1.29 is 13.2 Å². The summed E-state index contributed by atoms with van der Waals surface area (Å²) in [5.41, 5.74) is 3.52. The summed E-state index contributed by atoms with van der Waals surface area (Å²) >= 11 is 0. The van der Waals surface area contributed by atoms with Crippen LogP contribution in [-0.4, -0.2) is 43.0 Å². The average Bonchev–Trinajstić information content (AvgIpc) is 3.13. The molecule has 4 rings (SSSR count). The Kier molecular flexibility index (Phi) is 6.29. The van der Waals surface area contributed by atoms with Gasteiger partial charge in [-0.2, -0.15) is 9.82 Å². The zero-order chi connectivity index (χ0) is 22.6. The van der Waals surface area contributed by atoms with Gasteiger partial charge in [-0.1, -0.05) is 36.4 Å². The maximum Gasteiger partial charge on any atom is 0.241 e. The molecule has 1 amide bonds. The summed E-state index contributed by atoms with van der Waals surface area (Å²) in [4.78, 5) is 18.7. The molecular formula is C23H23N5O3S. The number of pyridine rings is 1. The zero-order valence-electron chi connectivity index (χ0n) is 17.3. The lowest BCUT2D eigenvalue weighted by Gasteiger charge is -2.17. The number of sulfonamides is 1. The second kappa shape index (κ2) is 9.29. The minimum atomic E-state index is -3.83. The molecule has 8 nitrogen and oxygen atoms in total. The van der Waals surface area contributed by atoms with E-state index in [-0.39, 0.29) is 10.8 Å². The highest BCUT2D eigenvalue weighted by molar-refractivity contribution is 7.89. The molecule has 1 aromatic heterocycles. The molecule has 1 atom stereocenters. The molecule has 0 bridgehead atoms. The second-order valence-electron chi connectivity index (χ2n) is 7.51. The smallest absolute Gasteiger partial charge is 0.241 e. The SMILES string of the molecule is NN=Cc1cccc(CN2CC[C@H](NS(=O)(=O)c3ccc(-c4cccnc4)cc3)C2=O)c1. The lowest BCUT2D eigenvalue weighted by atomic mass is 10.1. The highest BCUT2D eigenvalue weighted by Gasteiger charge is 2.34. The van der Waals surface area contributed by atoms with Gasteiger partial charge in [0.05, 0.1) is 11.1 Å². The Morgan fingerprint density at radius 1 is 1.12 bits per heavy atom. The molecule has 1 saturated heterocycles. The summed E-state index contributed by atoms with van der Waals surface area (Å²) in [6.07, 6.45) is 5.34. The number of rotatable bonds is 7. The zero-order valence-corrected chi connectivity index (χ0v) is 18.1. The van der Waals surface area contributed by atoms with E-state index in [2.05, 4.69) is 14.8 Å². The van der Waals surface area contributed by atoms with Crippen molar-refractivity contribution >= 4 is 22.1 Å². The molecular weight excluding hydrogens is 426 g/mol. The molecule has 2 aromatic carbocycles. The first kappa shape index (κ1) is 21.7. The first-order chi connectivity index (χ1) is 15.5. The van der Waals surface area contributed by atoms with Gasteiger partial charge in [-0.05, 0) is 52.9 Å². The third-order valence-corrected chi connectivity index (χ3v) is 6.79. The van der Waals surface area contributed by atoms with Crippen molar-refractivity contribution in [3.8, 4) is 11.1 Å². The van der Waals surface area contributed by atoms with Crippen molar-refractivity contribution in [2.45, 2.75) is 23.9 Å². The Balaban J connectivity index is 1.42. The lowest BCUT2D eigenvalue weighted by molar-refractivity contribution is -0.129. The van der Waals surface area contributed by atoms with Gasteiger partial charge in [0.15, 0.2) is 0 Å². The van der Waals surface area contributed by atoms with Crippen LogP contribution < -0.4 is 10.6 Å². The number of nitrogens with one attached hydrogen (secondary N) is 1. The van der Waals surface area contributed by atoms with Gasteiger partial charge < -0.3 is 10.7 Å². The molecule has 1 aliphatic heterocycles. The van der Waals surface area contributed by atoms with Crippen molar-refractivity contribution in [2.75, 3.05) is 6.54 Å². The minimum absolute atomic E-state index is 0.116. The van der Waals surface area contributed by atoms with Crippen molar-refractivity contribution in [2.24, 2.45) is 10.9 Å². The van der Waals surface area contributed by atoms with E-state index in [1.165, 1.54) is 18.3 Å². The molecule has 3 aromatic rings. The Bertz CT molecular complexity index is 1230. The summed E-state index contributed by atoms with van der Waals surface area (Å²) in [5, 5.41) is 3.51. The van der Waals surface area contributed by atoms with E-state index >= 15 is 0 Å².